The van der Waals surface area contributed by atoms with E-state index in [1.807, 2.05) is 0 Å². The Morgan fingerprint density at radius 1 is 1.26 bits per heavy atom. The van der Waals surface area contributed by atoms with E-state index in [1.165, 1.54) is 17.0 Å². The van der Waals surface area contributed by atoms with Crippen molar-refractivity contribution in [2.24, 2.45) is 0 Å². The third kappa shape index (κ3) is 5.10. The van der Waals surface area contributed by atoms with Crippen molar-refractivity contribution in [2.75, 3.05) is 43.0 Å². The van der Waals surface area contributed by atoms with Gasteiger partial charge in [0.2, 0.25) is 11.6 Å². The first-order valence-electron chi connectivity index (χ1n) is 9.31. The van der Waals surface area contributed by atoms with Gasteiger partial charge in [0.25, 0.3) is 0 Å². The van der Waals surface area contributed by atoms with Crippen LogP contribution in [0.1, 0.15) is 12.5 Å². The van der Waals surface area contributed by atoms with Crippen LogP contribution in [0.2, 0.25) is 0 Å². The van der Waals surface area contributed by atoms with Gasteiger partial charge in [-0.25, -0.2) is 14.8 Å². The largest absolute Gasteiger partial charge is 0.450 e. The number of anilines is 3. The van der Waals surface area contributed by atoms with Gasteiger partial charge in [0.15, 0.2) is 0 Å². The molecule has 2 heterocycles. The van der Waals surface area contributed by atoms with Crippen molar-refractivity contribution in [3.63, 3.8) is 0 Å². The highest BCUT2D eigenvalue weighted by molar-refractivity contribution is 5.75. The predicted molar refractivity (Wildman–Crippen MR) is 104 cm³/mol. The maximum atomic E-state index is 13.0. The number of amides is 1. The summed E-state index contributed by atoms with van der Waals surface area (Å²) in [7, 11) is 0. The molecule has 3 rings (SSSR count). The number of benzene rings is 1. The summed E-state index contributed by atoms with van der Waals surface area (Å²) in [6.07, 6.45) is -3.93. The van der Waals surface area contributed by atoms with Crippen LogP contribution in [0.25, 0.3) is 0 Å². The Balaban J connectivity index is 1.84. The molecule has 1 amide bonds. The topological polar surface area (TPSA) is 114 Å². The van der Waals surface area contributed by atoms with E-state index in [-0.39, 0.29) is 50.1 Å². The number of nitrogens with one attached hydrogen (secondary N) is 1. The molecule has 1 aliphatic heterocycles. The first-order chi connectivity index (χ1) is 14.7. The standard InChI is InChI=1S/C18H19F3N6O4/c1-2-31-17(28)26-8-6-25(7-9-26)16-14(27(29)30)15(22-11-23-16)24-13-5-3-4-12(10-13)18(19,20)21/h3-5,10-11H,2,6-9H2,1H3,(H,22,23,24). The first-order valence-corrected chi connectivity index (χ1v) is 9.31. The summed E-state index contributed by atoms with van der Waals surface area (Å²) < 4.78 is 43.8. The van der Waals surface area contributed by atoms with Gasteiger partial charge in [0.05, 0.1) is 17.1 Å². The smallest absolute Gasteiger partial charge is 0.416 e. The molecule has 1 fully saturated rings. The van der Waals surface area contributed by atoms with Gasteiger partial charge in [-0.3, -0.25) is 10.1 Å². The van der Waals surface area contributed by atoms with Gasteiger partial charge in [0.1, 0.15) is 6.33 Å². The highest BCUT2D eigenvalue weighted by atomic mass is 19.4. The second kappa shape index (κ2) is 9.02. The monoisotopic (exact) mass is 440 g/mol. The third-order valence-corrected chi connectivity index (χ3v) is 4.54. The number of piperazine rings is 1. The van der Waals surface area contributed by atoms with Crippen LogP contribution in [0.3, 0.4) is 0 Å². The van der Waals surface area contributed by atoms with Crippen molar-refractivity contribution in [3.8, 4) is 0 Å². The molecule has 0 saturated carbocycles. The lowest BCUT2D eigenvalue weighted by atomic mass is 10.2. The number of nitro groups is 1. The number of carbonyl (C=O) groups excluding carboxylic acids is 1. The summed E-state index contributed by atoms with van der Waals surface area (Å²) in [6.45, 7) is 3.00. The average molecular weight is 440 g/mol. The Bertz CT molecular complexity index is 964. The number of hydrogen-bond donors (Lipinski definition) is 1. The predicted octanol–water partition coefficient (Wildman–Crippen LogP) is 3.43. The van der Waals surface area contributed by atoms with Gasteiger partial charge in [0, 0.05) is 31.9 Å². The molecule has 1 N–H and O–H groups in total. The van der Waals surface area contributed by atoms with E-state index < -0.39 is 28.4 Å². The normalized spacial score (nSPS) is 14.3. The summed E-state index contributed by atoms with van der Waals surface area (Å²) in [6, 6.07) is 4.27. The molecular weight excluding hydrogens is 421 g/mol. The van der Waals surface area contributed by atoms with Gasteiger partial charge in [-0.2, -0.15) is 13.2 Å². The minimum absolute atomic E-state index is 0.00490. The summed E-state index contributed by atoms with van der Waals surface area (Å²) in [4.78, 5) is 33.9. The third-order valence-electron chi connectivity index (χ3n) is 4.54. The second-order valence-electron chi connectivity index (χ2n) is 6.53. The van der Waals surface area contributed by atoms with Crippen LogP contribution in [-0.4, -0.2) is 58.7 Å². The molecular formula is C18H19F3N6O4. The van der Waals surface area contributed by atoms with Crippen LogP contribution in [0, 0.1) is 10.1 Å². The zero-order valence-corrected chi connectivity index (χ0v) is 16.4. The summed E-state index contributed by atoms with van der Waals surface area (Å²) in [5.41, 5.74) is -1.37. The first kappa shape index (κ1) is 22.1. The van der Waals surface area contributed by atoms with E-state index in [0.29, 0.717) is 0 Å². The molecule has 10 nitrogen and oxygen atoms in total. The maximum Gasteiger partial charge on any atom is 0.416 e. The lowest BCUT2D eigenvalue weighted by Crippen LogP contribution is -2.49. The quantitative estimate of drug-likeness (QED) is 0.556. The molecule has 1 aliphatic rings. The van der Waals surface area contributed by atoms with Crippen LogP contribution in [0.4, 0.5) is 41.0 Å². The Morgan fingerprint density at radius 3 is 2.58 bits per heavy atom. The second-order valence-corrected chi connectivity index (χ2v) is 6.53. The Hall–Kier alpha value is -3.64. The zero-order valence-electron chi connectivity index (χ0n) is 16.4. The van der Waals surface area contributed by atoms with Crippen molar-refractivity contribution < 1.29 is 27.6 Å². The number of aromatic nitrogens is 2. The average Bonchev–Trinajstić information content (AvgIpc) is 2.73. The maximum absolute atomic E-state index is 13.0. The van der Waals surface area contributed by atoms with Crippen LogP contribution in [0.15, 0.2) is 30.6 Å². The molecule has 0 spiro atoms. The van der Waals surface area contributed by atoms with E-state index in [0.717, 1.165) is 18.5 Å². The minimum atomic E-state index is -4.56. The molecule has 0 atom stereocenters. The number of carbonyl (C=O) groups is 1. The van der Waals surface area contributed by atoms with Gasteiger partial charge in [-0.1, -0.05) is 6.07 Å². The Morgan fingerprint density at radius 2 is 1.97 bits per heavy atom. The molecule has 13 heteroatoms. The van der Waals surface area contributed by atoms with Gasteiger partial charge >= 0.3 is 18.0 Å². The van der Waals surface area contributed by atoms with Crippen LogP contribution < -0.4 is 10.2 Å². The number of alkyl halides is 3. The molecule has 0 bridgehead atoms. The van der Waals surface area contributed by atoms with Crippen molar-refractivity contribution >= 4 is 29.1 Å². The van der Waals surface area contributed by atoms with Crippen molar-refractivity contribution in [1.82, 2.24) is 14.9 Å². The van der Waals surface area contributed by atoms with E-state index in [2.05, 4.69) is 15.3 Å². The fraction of sp³-hybridized carbons (Fsp3) is 0.389. The van der Waals surface area contributed by atoms with Gasteiger partial charge in [-0.05, 0) is 25.1 Å². The van der Waals surface area contributed by atoms with E-state index in [9.17, 15) is 28.1 Å². The van der Waals surface area contributed by atoms with E-state index >= 15 is 0 Å². The molecule has 166 valence electrons. The van der Waals surface area contributed by atoms with Gasteiger partial charge in [-0.15, -0.1) is 0 Å². The highest BCUT2D eigenvalue weighted by Gasteiger charge is 2.32. The molecule has 1 saturated heterocycles. The molecule has 1 aromatic carbocycles. The Labute approximate surface area is 174 Å². The summed E-state index contributed by atoms with van der Waals surface area (Å²) >= 11 is 0. The molecule has 31 heavy (non-hydrogen) atoms. The van der Waals surface area contributed by atoms with Crippen LogP contribution >= 0.6 is 0 Å². The summed E-state index contributed by atoms with van der Waals surface area (Å²) in [5.74, 6) is -0.222. The van der Waals surface area contributed by atoms with Gasteiger partial charge < -0.3 is 19.9 Å². The molecule has 0 aliphatic carbocycles. The zero-order chi connectivity index (χ0) is 22.6. The van der Waals surface area contributed by atoms with E-state index in [4.69, 9.17) is 4.74 Å². The molecule has 2 aromatic rings. The molecule has 1 aromatic heterocycles. The van der Waals surface area contributed by atoms with Crippen molar-refractivity contribution in [1.29, 1.82) is 0 Å². The minimum Gasteiger partial charge on any atom is -0.450 e. The van der Waals surface area contributed by atoms with Crippen LogP contribution in [0.5, 0.6) is 0 Å². The van der Waals surface area contributed by atoms with Crippen molar-refractivity contribution in [2.45, 2.75) is 13.1 Å². The number of nitrogens with zero attached hydrogens (tertiary/aromatic N) is 5. The number of rotatable bonds is 5. The lowest BCUT2D eigenvalue weighted by molar-refractivity contribution is -0.383. The molecule has 0 radical (unpaired) electrons. The Kier molecular flexibility index (Phi) is 6.42. The van der Waals surface area contributed by atoms with Crippen molar-refractivity contribution in [3.05, 3.63) is 46.3 Å². The molecule has 0 unspecified atom stereocenters. The summed E-state index contributed by atoms with van der Waals surface area (Å²) in [5, 5.41) is 14.3. The van der Waals surface area contributed by atoms with Crippen LogP contribution in [-0.2, 0) is 10.9 Å². The fourth-order valence-corrected chi connectivity index (χ4v) is 3.09. The number of halogens is 3. The number of hydrogen-bond acceptors (Lipinski definition) is 8. The lowest BCUT2D eigenvalue weighted by Gasteiger charge is -2.34. The van der Waals surface area contributed by atoms with E-state index in [1.54, 1.807) is 11.8 Å². The SMILES string of the molecule is CCOC(=O)N1CCN(c2ncnc(Nc3cccc(C(F)(F)F)c3)c2[N+](=O)[O-])CC1. The number of ether oxygens (including phenoxy) is 1. The fourth-order valence-electron chi connectivity index (χ4n) is 3.09. The highest BCUT2D eigenvalue weighted by Crippen LogP contribution is 2.35.